The summed E-state index contributed by atoms with van der Waals surface area (Å²) in [5, 5.41) is 9.30. The molecule has 0 unspecified atom stereocenters. The lowest BCUT2D eigenvalue weighted by Gasteiger charge is -2.15. The average Bonchev–Trinajstić information content (AvgIpc) is 2.98. The number of primary sulfonamides is 1. The fraction of sp³-hybridized carbons (Fsp3) is 0.333. The number of hydrogen-bond acceptors (Lipinski definition) is 5. The molecule has 0 radical (unpaired) electrons. The van der Waals surface area contributed by atoms with Gasteiger partial charge in [0.25, 0.3) is 5.56 Å². The number of benzene rings is 1. The average molecular weight is 426 g/mol. The van der Waals surface area contributed by atoms with Crippen LogP contribution in [0.15, 0.2) is 40.2 Å². The van der Waals surface area contributed by atoms with Gasteiger partial charge < -0.3 is 9.30 Å². The van der Waals surface area contributed by atoms with Crippen LogP contribution in [-0.4, -0.2) is 29.2 Å². The van der Waals surface area contributed by atoms with Crippen LogP contribution in [0.5, 0.6) is 5.75 Å². The molecule has 8 nitrogen and oxygen atoms in total. The number of fused-ring (bicyclic) bond motifs is 1. The number of halogens is 2. The van der Waals surface area contributed by atoms with Crippen molar-refractivity contribution < 1.29 is 21.9 Å². The highest BCUT2D eigenvalue weighted by atomic mass is 32.2. The normalized spacial score (nSPS) is 12.3. The van der Waals surface area contributed by atoms with E-state index in [4.69, 9.17) is 5.14 Å². The lowest BCUT2D eigenvalue weighted by atomic mass is 10.1. The summed E-state index contributed by atoms with van der Waals surface area (Å²) in [4.78, 5) is 12.1. The molecule has 0 fully saturated rings. The number of nitrogens with zero attached hydrogens (tertiary/aromatic N) is 3. The lowest BCUT2D eigenvalue weighted by molar-refractivity contribution is -0.0517. The van der Waals surface area contributed by atoms with Gasteiger partial charge in [-0.05, 0) is 30.5 Å². The van der Waals surface area contributed by atoms with Gasteiger partial charge in [0.1, 0.15) is 16.3 Å². The highest BCUT2D eigenvalue weighted by molar-refractivity contribution is 7.89. The number of nitrogens with two attached hydrogens (primary N) is 1. The fourth-order valence-electron chi connectivity index (χ4n) is 3.04. The molecule has 0 bridgehead atoms. The number of sulfonamides is 1. The summed E-state index contributed by atoms with van der Waals surface area (Å²) in [5.74, 6) is -0.601. The molecule has 11 heteroatoms. The minimum Gasteiger partial charge on any atom is -0.433 e. The molecule has 0 amide bonds. The summed E-state index contributed by atoms with van der Waals surface area (Å²) >= 11 is 0. The second-order valence-electron chi connectivity index (χ2n) is 6.93. The standard InChI is InChI=1S/C18H20F2N4O4S/c1-10(2)13-9-23(16-6-11(3)22-24(16)17(13)25)8-12-4-5-15(29(21,26)27)14(7-12)28-18(19)20/h4-7,9-10,18H,8H2,1-3H3,(H2,21,26,27). The van der Waals surface area contributed by atoms with Crippen LogP contribution in [0.2, 0.25) is 0 Å². The Morgan fingerprint density at radius 1 is 1.24 bits per heavy atom. The zero-order valence-corrected chi connectivity index (χ0v) is 16.8. The third-order valence-electron chi connectivity index (χ3n) is 4.35. The SMILES string of the molecule is Cc1cc2n(Cc3ccc(S(N)(=O)=O)c(OC(F)F)c3)cc(C(C)C)c(=O)n2n1. The zero-order chi connectivity index (χ0) is 21.5. The first-order valence-electron chi connectivity index (χ1n) is 8.67. The number of aromatic nitrogens is 3. The molecule has 0 atom stereocenters. The Morgan fingerprint density at radius 2 is 1.93 bits per heavy atom. The second kappa shape index (κ2) is 7.56. The molecule has 3 aromatic rings. The molecule has 3 rings (SSSR count). The molecule has 2 heterocycles. The Hall–Kier alpha value is -2.79. The number of aryl methyl sites for hydroxylation is 1. The highest BCUT2D eigenvalue weighted by Gasteiger charge is 2.20. The van der Waals surface area contributed by atoms with Gasteiger partial charge in [-0.15, -0.1) is 0 Å². The monoisotopic (exact) mass is 426 g/mol. The predicted octanol–water partition coefficient (Wildman–Crippen LogP) is 2.22. The van der Waals surface area contributed by atoms with Gasteiger partial charge in [0, 0.05) is 24.4 Å². The first-order chi connectivity index (χ1) is 13.5. The first-order valence-corrected chi connectivity index (χ1v) is 10.2. The van der Waals surface area contributed by atoms with Crippen molar-refractivity contribution in [1.29, 1.82) is 0 Å². The van der Waals surface area contributed by atoms with Crippen LogP contribution < -0.4 is 15.4 Å². The van der Waals surface area contributed by atoms with Crippen molar-refractivity contribution in [1.82, 2.24) is 14.2 Å². The summed E-state index contributed by atoms with van der Waals surface area (Å²) in [6.07, 6.45) is 1.69. The maximum Gasteiger partial charge on any atom is 0.387 e. The lowest BCUT2D eigenvalue weighted by Crippen LogP contribution is -2.24. The van der Waals surface area contributed by atoms with Crippen molar-refractivity contribution in [2.24, 2.45) is 5.14 Å². The van der Waals surface area contributed by atoms with Gasteiger partial charge in [0.05, 0.1) is 5.69 Å². The largest absolute Gasteiger partial charge is 0.433 e. The van der Waals surface area contributed by atoms with Crippen LogP contribution in [0, 0.1) is 6.92 Å². The van der Waals surface area contributed by atoms with Gasteiger partial charge >= 0.3 is 6.61 Å². The molecular formula is C18H20F2N4O4S. The maximum absolute atomic E-state index is 12.7. The molecule has 1 aromatic carbocycles. The van der Waals surface area contributed by atoms with E-state index >= 15 is 0 Å². The van der Waals surface area contributed by atoms with E-state index in [0.29, 0.717) is 22.5 Å². The molecule has 2 aromatic heterocycles. The van der Waals surface area contributed by atoms with Gasteiger partial charge in [0.2, 0.25) is 10.0 Å². The van der Waals surface area contributed by atoms with E-state index in [2.05, 4.69) is 9.84 Å². The van der Waals surface area contributed by atoms with E-state index in [1.54, 1.807) is 23.8 Å². The predicted molar refractivity (Wildman–Crippen MR) is 102 cm³/mol. The van der Waals surface area contributed by atoms with E-state index in [-0.39, 0.29) is 18.0 Å². The van der Waals surface area contributed by atoms with Crippen molar-refractivity contribution in [3.63, 3.8) is 0 Å². The van der Waals surface area contributed by atoms with Crippen molar-refractivity contribution in [2.45, 2.75) is 44.7 Å². The first kappa shape index (κ1) is 20.9. The highest BCUT2D eigenvalue weighted by Crippen LogP contribution is 2.27. The minimum absolute atomic E-state index is 0.0647. The molecule has 2 N–H and O–H groups in total. The van der Waals surface area contributed by atoms with Gasteiger partial charge in [-0.2, -0.15) is 18.4 Å². The van der Waals surface area contributed by atoms with E-state index in [1.165, 1.54) is 16.6 Å². The maximum atomic E-state index is 12.7. The smallest absolute Gasteiger partial charge is 0.387 e. The number of ether oxygens (including phenoxy) is 1. The topological polar surface area (TPSA) is 109 Å². The third-order valence-corrected chi connectivity index (χ3v) is 5.30. The van der Waals surface area contributed by atoms with Crippen LogP contribution in [0.25, 0.3) is 5.65 Å². The summed E-state index contributed by atoms with van der Waals surface area (Å²) in [7, 11) is -4.24. The number of hydrogen-bond donors (Lipinski definition) is 1. The Kier molecular flexibility index (Phi) is 5.46. The molecule has 0 saturated carbocycles. The van der Waals surface area contributed by atoms with Crippen LogP contribution >= 0.6 is 0 Å². The van der Waals surface area contributed by atoms with Gasteiger partial charge in [-0.25, -0.2) is 13.6 Å². The quantitative estimate of drug-likeness (QED) is 0.650. The van der Waals surface area contributed by atoms with Crippen molar-refractivity contribution in [3.05, 3.63) is 57.6 Å². The van der Waals surface area contributed by atoms with Crippen molar-refractivity contribution in [2.75, 3.05) is 0 Å². The Labute approximate surface area is 165 Å². The third kappa shape index (κ3) is 4.30. The van der Waals surface area contributed by atoms with E-state index in [0.717, 1.165) is 6.07 Å². The molecular weight excluding hydrogens is 406 g/mol. The molecule has 29 heavy (non-hydrogen) atoms. The Bertz CT molecular complexity index is 1230. The number of rotatable bonds is 6. The van der Waals surface area contributed by atoms with Crippen LogP contribution in [0.3, 0.4) is 0 Å². The summed E-state index contributed by atoms with van der Waals surface area (Å²) in [6.45, 7) is 2.45. The molecule has 0 aliphatic carbocycles. The minimum atomic E-state index is -4.24. The second-order valence-corrected chi connectivity index (χ2v) is 8.46. The van der Waals surface area contributed by atoms with Gasteiger partial charge in [0.15, 0.2) is 0 Å². The van der Waals surface area contributed by atoms with E-state index in [1.807, 2.05) is 13.8 Å². The van der Waals surface area contributed by atoms with Gasteiger partial charge in [-0.3, -0.25) is 4.79 Å². The molecule has 0 aliphatic rings. The molecule has 156 valence electrons. The zero-order valence-electron chi connectivity index (χ0n) is 16.0. The summed E-state index contributed by atoms with van der Waals surface area (Å²) in [5.41, 5.74) is 1.94. The van der Waals surface area contributed by atoms with Crippen LogP contribution in [0.1, 0.15) is 36.6 Å². The molecule has 0 aliphatic heterocycles. The van der Waals surface area contributed by atoms with E-state index in [9.17, 15) is 22.0 Å². The molecule has 0 spiro atoms. The molecule has 0 saturated heterocycles. The summed E-state index contributed by atoms with van der Waals surface area (Å²) in [6, 6.07) is 5.48. The fourth-order valence-corrected chi connectivity index (χ4v) is 3.69. The van der Waals surface area contributed by atoms with Crippen molar-refractivity contribution in [3.8, 4) is 5.75 Å². The Morgan fingerprint density at radius 3 is 2.52 bits per heavy atom. The van der Waals surface area contributed by atoms with Crippen LogP contribution in [0.4, 0.5) is 8.78 Å². The van der Waals surface area contributed by atoms with Crippen LogP contribution in [-0.2, 0) is 16.6 Å². The van der Waals surface area contributed by atoms with Gasteiger partial charge in [-0.1, -0.05) is 19.9 Å². The Balaban J connectivity index is 2.14. The summed E-state index contributed by atoms with van der Waals surface area (Å²) < 4.78 is 56.1. The van der Waals surface area contributed by atoms with E-state index < -0.39 is 27.3 Å². The number of alkyl halides is 2. The van der Waals surface area contributed by atoms with Crippen molar-refractivity contribution >= 4 is 15.7 Å².